The molecule has 0 saturated heterocycles. The van der Waals surface area contributed by atoms with Gasteiger partial charge in [0, 0.05) is 24.2 Å². The van der Waals surface area contributed by atoms with Gasteiger partial charge in [-0.15, -0.1) is 0 Å². The van der Waals surface area contributed by atoms with E-state index >= 15 is 0 Å². The van der Waals surface area contributed by atoms with E-state index in [1.165, 1.54) is 6.07 Å². The molecule has 0 bridgehead atoms. The van der Waals surface area contributed by atoms with E-state index in [4.69, 9.17) is 9.15 Å². The Morgan fingerprint density at radius 2 is 1.85 bits per heavy atom. The summed E-state index contributed by atoms with van der Waals surface area (Å²) in [6.45, 7) is 3.79. The molecule has 1 heterocycles. The van der Waals surface area contributed by atoms with Crippen molar-refractivity contribution in [1.29, 1.82) is 0 Å². The van der Waals surface area contributed by atoms with Crippen LogP contribution in [0.2, 0.25) is 0 Å². The molecule has 0 aliphatic rings. The molecular weight excluding hydrogens is 334 g/mol. The summed E-state index contributed by atoms with van der Waals surface area (Å²) in [5, 5.41) is 23.4. The van der Waals surface area contributed by atoms with E-state index in [0.29, 0.717) is 17.9 Å². The molecule has 26 heavy (non-hydrogen) atoms. The molecule has 6 nitrogen and oxygen atoms in total. The second kappa shape index (κ2) is 7.93. The first-order chi connectivity index (χ1) is 12.6. The Balaban J connectivity index is 2.05. The fraction of sp³-hybridized carbons (Fsp3) is 0.250. The van der Waals surface area contributed by atoms with Crippen LogP contribution in [0.1, 0.15) is 13.3 Å². The highest BCUT2D eigenvalue weighted by Crippen LogP contribution is 2.40. The highest BCUT2D eigenvalue weighted by atomic mass is 16.5. The number of fused-ring (bicyclic) bond motifs is 1. The van der Waals surface area contributed by atoms with Crippen molar-refractivity contribution < 1.29 is 19.4 Å². The number of hydrogen-bond donors (Lipinski definition) is 3. The van der Waals surface area contributed by atoms with Crippen molar-refractivity contribution in [2.24, 2.45) is 0 Å². The molecule has 0 atom stereocenters. The molecule has 0 aliphatic heterocycles. The van der Waals surface area contributed by atoms with Crippen molar-refractivity contribution in [3.8, 4) is 28.6 Å². The number of rotatable bonds is 7. The second-order valence-electron chi connectivity index (χ2n) is 5.89. The minimum Gasteiger partial charge on any atom is -0.507 e. The van der Waals surface area contributed by atoms with Gasteiger partial charge in [0.1, 0.15) is 23.5 Å². The van der Waals surface area contributed by atoms with Gasteiger partial charge in [-0.1, -0.05) is 37.3 Å². The predicted molar refractivity (Wildman–Crippen MR) is 99.9 cm³/mol. The van der Waals surface area contributed by atoms with E-state index < -0.39 is 5.43 Å². The summed E-state index contributed by atoms with van der Waals surface area (Å²) in [6, 6.07) is 11.5. The molecule has 3 aromatic rings. The van der Waals surface area contributed by atoms with Crippen LogP contribution < -0.4 is 15.5 Å². The van der Waals surface area contributed by atoms with Gasteiger partial charge < -0.3 is 24.7 Å². The van der Waals surface area contributed by atoms with Crippen molar-refractivity contribution in [1.82, 2.24) is 5.32 Å². The maximum atomic E-state index is 12.5. The highest BCUT2D eigenvalue weighted by Gasteiger charge is 2.19. The zero-order valence-corrected chi connectivity index (χ0v) is 14.5. The van der Waals surface area contributed by atoms with Gasteiger partial charge in [0.25, 0.3) is 0 Å². The van der Waals surface area contributed by atoms with Crippen LogP contribution in [0.5, 0.6) is 17.2 Å². The van der Waals surface area contributed by atoms with Crippen LogP contribution >= 0.6 is 0 Å². The molecule has 0 fully saturated rings. The lowest BCUT2D eigenvalue weighted by molar-refractivity contribution is 0.295. The van der Waals surface area contributed by atoms with E-state index in [0.717, 1.165) is 19.0 Å². The zero-order chi connectivity index (χ0) is 18.5. The van der Waals surface area contributed by atoms with Gasteiger partial charge in [-0.2, -0.15) is 0 Å². The Labute approximate surface area is 150 Å². The third-order valence-electron chi connectivity index (χ3n) is 3.93. The summed E-state index contributed by atoms with van der Waals surface area (Å²) < 4.78 is 11.5. The van der Waals surface area contributed by atoms with Gasteiger partial charge in [0.05, 0.1) is 0 Å². The predicted octanol–water partition coefficient (Wildman–Crippen LogP) is 3.25. The highest BCUT2D eigenvalue weighted by molar-refractivity contribution is 5.91. The lowest BCUT2D eigenvalue weighted by Crippen LogP contribution is -2.21. The third kappa shape index (κ3) is 3.65. The van der Waals surface area contributed by atoms with Crippen LogP contribution in [-0.4, -0.2) is 29.9 Å². The van der Waals surface area contributed by atoms with Crippen molar-refractivity contribution in [3.05, 3.63) is 52.7 Å². The van der Waals surface area contributed by atoms with Crippen LogP contribution in [0.4, 0.5) is 0 Å². The molecule has 136 valence electrons. The molecule has 1 aromatic heterocycles. The molecule has 0 aliphatic carbocycles. The SMILES string of the molecule is CCCNCCOc1c(O)cc(O)c2c(=O)cc(-c3ccccc3)oc12. The number of benzene rings is 2. The lowest BCUT2D eigenvalue weighted by atomic mass is 10.1. The van der Waals surface area contributed by atoms with Gasteiger partial charge in [0.15, 0.2) is 16.8 Å². The first-order valence-electron chi connectivity index (χ1n) is 8.53. The Morgan fingerprint density at radius 1 is 1.08 bits per heavy atom. The lowest BCUT2D eigenvalue weighted by Gasteiger charge is -2.12. The molecule has 0 spiro atoms. The molecule has 3 N–H and O–H groups in total. The molecule has 6 heteroatoms. The first-order valence-corrected chi connectivity index (χ1v) is 8.53. The molecule has 0 amide bonds. The van der Waals surface area contributed by atoms with Gasteiger partial charge in [-0.3, -0.25) is 4.79 Å². The van der Waals surface area contributed by atoms with E-state index in [2.05, 4.69) is 12.2 Å². The number of hydrogen-bond acceptors (Lipinski definition) is 6. The van der Waals surface area contributed by atoms with Crippen molar-refractivity contribution in [3.63, 3.8) is 0 Å². The molecule has 0 saturated carbocycles. The van der Waals surface area contributed by atoms with Crippen LogP contribution in [-0.2, 0) is 0 Å². The minimum absolute atomic E-state index is 0.0148. The zero-order valence-electron chi connectivity index (χ0n) is 14.5. The molecule has 0 radical (unpaired) electrons. The number of nitrogens with one attached hydrogen (secondary N) is 1. The fourth-order valence-corrected chi connectivity index (χ4v) is 2.69. The Bertz CT molecular complexity index is 950. The number of ether oxygens (including phenoxy) is 1. The monoisotopic (exact) mass is 355 g/mol. The summed E-state index contributed by atoms with van der Waals surface area (Å²) in [7, 11) is 0. The minimum atomic E-state index is -0.406. The number of phenolic OH excluding ortho intramolecular Hbond substituents is 2. The summed E-state index contributed by atoms with van der Waals surface area (Å²) in [4.78, 5) is 12.5. The van der Waals surface area contributed by atoms with Gasteiger partial charge in [-0.05, 0) is 13.0 Å². The van der Waals surface area contributed by atoms with Gasteiger partial charge in [-0.25, -0.2) is 0 Å². The first kappa shape index (κ1) is 17.8. The normalized spacial score (nSPS) is 11.0. The topological polar surface area (TPSA) is 91.9 Å². The standard InChI is InChI=1S/C20H21NO5/c1-2-8-21-9-10-25-19-16(24)11-14(22)18-15(23)12-17(26-20(18)19)13-6-4-3-5-7-13/h3-7,11-12,21-22,24H,2,8-10H2,1H3. The van der Waals surface area contributed by atoms with Crippen molar-refractivity contribution >= 4 is 11.0 Å². The van der Waals surface area contributed by atoms with E-state index in [1.807, 2.05) is 30.3 Å². The summed E-state index contributed by atoms with van der Waals surface area (Å²) in [5.74, 6) is -0.241. The van der Waals surface area contributed by atoms with Gasteiger partial charge >= 0.3 is 0 Å². The van der Waals surface area contributed by atoms with E-state index in [-0.39, 0.29) is 34.8 Å². The Morgan fingerprint density at radius 3 is 2.58 bits per heavy atom. The summed E-state index contributed by atoms with van der Waals surface area (Å²) >= 11 is 0. The fourth-order valence-electron chi connectivity index (χ4n) is 2.69. The van der Waals surface area contributed by atoms with E-state index in [1.54, 1.807) is 0 Å². The van der Waals surface area contributed by atoms with Crippen LogP contribution in [0, 0.1) is 0 Å². The number of aromatic hydroxyl groups is 2. The molecular formula is C20H21NO5. The van der Waals surface area contributed by atoms with Crippen molar-refractivity contribution in [2.75, 3.05) is 19.7 Å². The molecule has 0 unspecified atom stereocenters. The maximum Gasteiger partial charge on any atom is 0.205 e. The van der Waals surface area contributed by atoms with Crippen LogP contribution in [0.25, 0.3) is 22.3 Å². The molecule has 3 rings (SSSR count). The maximum absolute atomic E-state index is 12.5. The Kier molecular flexibility index (Phi) is 5.43. The van der Waals surface area contributed by atoms with Crippen molar-refractivity contribution in [2.45, 2.75) is 13.3 Å². The average Bonchev–Trinajstić information content (AvgIpc) is 2.64. The second-order valence-corrected chi connectivity index (χ2v) is 5.89. The smallest absolute Gasteiger partial charge is 0.205 e. The third-order valence-corrected chi connectivity index (χ3v) is 3.93. The average molecular weight is 355 g/mol. The molecule has 2 aromatic carbocycles. The van der Waals surface area contributed by atoms with Crippen LogP contribution in [0.3, 0.4) is 0 Å². The quantitative estimate of drug-likeness (QED) is 0.564. The summed E-state index contributed by atoms with van der Waals surface area (Å²) in [5.41, 5.74) is 0.339. The van der Waals surface area contributed by atoms with Gasteiger partial charge in [0.2, 0.25) is 5.75 Å². The Hall–Kier alpha value is -2.99. The summed E-state index contributed by atoms with van der Waals surface area (Å²) in [6.07, 6.45) is 1.00. The van der Waals surface area contributed by atoms with E-state index in [9.17, 15) is 15.0 Å². The number of phenols is 2. The van der Waals surface area contributed by atoms with Crippen LogP contribution in [0.15, 0.2) is 51.7 Å². The largest absolute Gasteiger partial charge is 0.507 e.